The molecule has 3 rings (SSSR count). The smallest absolute Gasteiger partial charge is 0.184 e. The molecule has 2 heterocycles. The van der Waals surface area contributed by atoms with E-state index in [9.17, 15) is 4.79 Å². The van der Waals surface area contributed by atoms with Gasteiger partial charge in [0, 0.05) is 6.42 Å². The maximum absolute atomic E-state index is 12.5. The maximum atomic E-state index is 12.5. The molecule has 3 nitrogen and oxygen atoms in total. The van der Waals surface area contributed by atoms with Gasteiger partial charge in [-0.05, 0) is 60.8 Å². The third kappa shape index (κ3) is 5.92. The number of allylic oxidation sites excluding steroid dienone is 7. The van der Waals surface area contributed by atoms with Gasteiger partial charge >= 0.3 is 0 Å². The molecule has 0 aliphatic heterocycles. The van der Waals surface area contributed by atoms with E-state index in [-0.39, 0.29) is 5.78 Å². The summed E-state index contributed by atoms with van der Waals surface area (Å²) in [6.07, 6.45) is 18.2. The van der Waals surface area contributed by atoms with Crippen LogP contribution in [-0.2, 0) is 11.2 Å². The summed E-state index contributed by atoms with van der Waals surface area (Å²) in [5, 5.41) is 0. The van der Waals surface area contributed by atoms with Crippen LogP contribution in [0.2, 0.25) is 0 Å². The number of carbonyl (C=O) groups excluding carboxylic acids is 1. The van der Waals surface area contributed by atoms with Crippen molar-refractivity contribution in [2.45, 2.75) is 39.5 Å². The van der Waals surface area contributed by atoms with Crippen LogP contribution in [0.25, 0.3) is 6.08 Å². The normalized spacial score (nSPS) is 18.0. The Labute approximate surface area is 155 Å². The first kappa shape index (κ1) is 19.5. The van der Waals surface area contributed by atoms with Gasteiger partial charge in [0.05, 0.1) is 12.5 Å². The minimum atomic E-state index is 0.146. The van der Waals surface area contributed by atoms with E-state index in [1.54, 1.807) is 12.5 Å². The standard InChI is InChI=1S/C21H20O3.C2H6/c22-21-17(7-1-2-11-19-13-5-15-23-19)8-3-9-18(21)10-4-12-20-14-6-16-24-20;1-2/h1-2,4-7,10,12-16H,3,8-9,11H2;1-2H3/b2-1+,12-4+,17-7+,18-10+;. The zero-order valence-corrected chi connectivity index (χ0v) is 15.5. The Kier molecular flexibility index (Phi) is 8.20. The van der Waals surface area contributed by atoms with Gasteiger partial charge in [-0.2, -0.15) is 0 Å². The van der Waals surface area contributed by atoms with Gasteiger partial charge in [-0.3, -0.25) is 4.79 Å². The van der Waals surface area contributed by atoms with Gasteiger partial charge in [0.1, 0.15) is 11.5 Å². The Balaban J connectivity index is 0.00000117. The number of furan rings is 2. The molecule has 2 aromatic heterocycles. The molecule has 1 saturated carbocycles. The molecular formula is C23H26O3. The quantitative estimate of drug-likeness (QED) is 0.593. The molecule has 0 unspecified atom stereocenters. The van der Waals surface area contributed by atoms with Crippen LogP contribution in [0.3, 0.4) is 0 Å². The lowest BCUT2D eigenvalue weighted by molar-refractivity contribution is -0.113. The van der Waals surface area contributed by atoms with Crippen LogP contribution < -0.4 is 0 Å². The zero-order valence-electron chi connectivity index (χ0n) is 15.5. The van der Waals surface area contributed by atoms with Gasteiger partial charge in [0.25, 0.3) is 0 Å². The number of rotatable bonds is 5. The minimum absolute atomic E-state index is 0.146. The second kappa shape index (κ2) is 10.9. The van der Waals surface area contributed by atoms with Gasteiger partial charge in [-0.15, -0.1) is 0 Å². The summed E-state index contributed by atoms with van der Waals surface area (Å²) in [4.78, 5) is 12.5. The summed E-state index contributed by atoms with van der Waals surface area (Å²) in [5.74, 6) is 1.85. The van der Waals surface area contributed by atoms with Crippen molar-refractivity contribution in [1.29, 1.82) is 0 Å². The third-order valence-corrected chi connectivity index (χ3v) is 3.91. The Morgan fingerprint density at radius 2 is 1.65 bits per heavy atom. The highest BCUT2D eigenvalue weighted by Gasteiger charge is 2.19. The van der Waals surface area contributed by atoms with Crippen molar-refractivity contribution in [3.8, 4) is 0 Å². The van der Waals surface area contributed by atoms with Crippen molar-refractivity contribution < 1.29 is 13.6 Å². The summed E-state index contributed by atoms with van der Waals surface area (Å²) in [6, 6.07) is 7.54. The molecule has 3 heteroatoms. The number of hydrogen-bond donors (Lipinski definition) is 0. The fourth-order valence-electron chi connectivity index (χ4n) is 2.66. The van der Waals surface area contributed by atoms with Gasteiger partial charge in [-0.1, -0.05) is 44.2 Å². The lowest BCUT2D eigenvalue weighted by Gasteiger charge is -2.15. The third-order valence-electron chi connectivity index (χ3n) is 3.91. The van der Waals surface area contributed by atoms with Crippen molar-refractivity contribution >= 4 is 11.9 Å². The van der Waals surface area contributed by atoms with Crippen molar-refractivity contribution in [2.75, 3.05) is 0 Å². The van der Waals surface area contributed by atoms with E-state index in [1.807, 2.05) is 74.6 Å². The number of ketones is 1. The Bertz CT molecular complexity index is 770. The van der Waals surface area contributed by atoms with Gasteiger partial charge in [0.15, 0.2) is 5.78 Å². The van der Waals surface area contributed by atoms with Crippen LogP contribution in [0, 0.1) is 0 Å². The molecule has 1 aliphatic rings. The number of hydrogen-bond acceptors (Lipinski definition) is 3. The molecule has 26 heavy (non-hydrogen) atoms. The predicted octanol–water partition coefficient (Wildman–Crippen LogP) is 6.32. The molecule has 0 amide bonds. The lowest BCUT2D eigenvalue weighted by Crippen LogP contribution is -2.12. The Morgan fingerprint density at radius 1 is 0.962 bits per heavy atom. The van der Waals surface area contributed by atoms with Crippen molar-refractivity contribution in [2.24, 2.45) is 0 Å². The first-order chi connectivity index (χ1) is 12.8. The summed E-state index contributed by atoms with van der Waals surface area (Å²) in [7, 11) is 0. The molecule has 0 spiro atoms. The molecule has 0 saturated heterocycles. The summed E-state index contributed by atoms with van der Waals surface area (Å²) in [6.45, 7) is 4.00. The van der Waals surface area contributed by atoms with Crippen LogP contribution in [0.5, 0.6) is 0 Å². The summed E-state index contributed by atoms with van der Waals surface area (Å²) < 4.78 is 10.5. The fourth-order valence-corrected chi connectivity index (χ4v) is 2.66. The molecule has 1 aliphatic carbocycles. The SMILES string of the molecule is CC.O=C1/C(=C/C=C/Cc2ccco2)CCC/C1=C\C=C\c1ccco1. The second-order valence-corrected chi connectivity index (χ2v) is 5.65. The lowest BCUT2D eigenvalue weighted by atomic mass is 9.88. The van der Waals surface area contributed by atoms with E-state index in [4.69, 9.17) is 8.83 Å². The first-order valence-electron chi connectivity index (χ1n) is 9.16. The molecule has 2 aromatic rings. The molecule has 0 N–H and O–H groups in total. The molecule has 0 aromatic carbocycles. The van der Waals surface area contributed by atoms with Crippen LogP contribution in [-0.4, -0.2) is 5.78 Å². The van der Waals surface area contributed by atoms with Crippen molar-refractivity contribution in [3.05, 3.63) is 89.8 Å². The van der Waals surface area contributed by atoms with Crippen molar-refractivity contribution in [3.63, 3.8) is 0 Å². The van der Waals surface area contributed by atoms with E-state index in [1.165, 1.54) is 0 Å². The summed E-state index contributed by atoms with van der Waals surface area (Å²) in [5.41, 5.74) is 1.73. The molecule has 1 fully saturated rings. The zero-order chi connectivity index (χ0) is 18.6. The average molecular weight is 350 g/mol. The van der Waals surface area contributed by atoms with Crippen LogP contribution in [0.15, 0.2) is 87.2 Å². The number of carbonyl (C=O) groups is 1. The van der Waals surface area contributed by atoms with E-state index in [0.29, 0.717) is 0 Å². The van der Waals surface area contributed by atoms with Crippen LogP contribution in [0.4, 0.5) is 0 Å². The van der Waals surface area contributed by atoms with Gasteiger partial charge in [0.2, 0.25) is 0 Å². The highest BCUT2D eigenvalue weighted by molar-refractivity contribution is 6.09. The predicted molar refractivity (Wildman–Crippen MR) is 106 cm³/mol. The highest BCUT2D eigenvalue weighted by Crippen LogP contribution is 2.25. The molecule has 0 radical (unpaired) electrons. The average Bonchev–Trinajstić information content (AvgIpc) is 3.37. The maximum Gasteiger partial charge on any atom is 0.184 e. The minimum Gasteiger partial charge on any atom is -0.469 e. The molecule has 0 bridgehead atoms. The monoisotopic (exact) mass is 350 g/mol. The summed E-state index contributed by atoms with van der Waals surface area (Å²) >= 11 is 0. The van der Waals surface area contributed by atoms with Crippen molar-refractivity contribution in [1.82, 2.24) is 0 Å². The Morgan fingerprint density at radius 3 is 2.31 bits per heavy atom. The number of Topliss-reactive ketones (excluding diaryl/α,β-unsaturated/α-hetero) is 1. The topological polar surface area (TPSA) is 43.4 Å². The molecular weight excluding hydrogens is 324 g/mol. The molecule has 0 atom stereocenters. The fraction of sp³-hybridized carbons (Fsp3) is 0.261. The Hall–Kier alpha value is -2.81. The van der Waals surface area contributed by atoms with E-state index in [2.05, 4.69) is 0 Å². The first-order valence-corrected chi connectivity index (χ1v) is 9.16. The van der Waals surface area contributed by atoms with E-state index in [0.717, 1.165) is 48.3 Å². The van der Waals surface area contributed by atoms with E-state index < -0.39 is 0 Å². The van der Waals surface area contributed by atoms with E-state index >= 15 is 0 Å². The van der Waals surface area contributed by atoms with Crippen LogP contribution in [0.1, 0.15) is 44.6 Å². The van der Waals surface area contributed by atoms with Crippen LogP contribution >= 0.6 is 0 Å². The van der Waals surface area contributed by atoms with Gasteiger partial charge in [-0.25, -0.2) is 0 Å². The highest BCUT2D eigenvalue weighted by atomic mass is 16.3. The largest absolute Gasteiger partial charge is 0.469 e. The second-order valence-electron chi connectivity index (χ2n) is 5.65. The molecule has 136 valence electrons. The van der Waals surface area contributed by atoms with Gasteiger partial charge < -0.3 is 8.83 Å².